The van der Waals surface area contributed by atoms with Crippen LogP contribution in [0.3, 0.4) is 0 Å². The summed E-state index contributed by atoms with van der Waals surface area (Å²) in [4.78, 5) is 20.5. The monoisotopic (exact) mass is 586 g/mol. The summed E-state index contributed by atoms with van der Waals surface area (Å²) in [6.07, 6.45) is 3.48. The van der Waals surface area contributed by atoms with Gasteiger partial charge in [-0.05, 0) is 85.3 Å². The fourth-order valence-electron chi connectivity index (χ4n) is 3.31. The summed E-state index contributed by atoms with van der Waals surface area (Å²) in [5, 5.41) is 1.69. The first kappa shape index (κ1) is 25.6. The zero-order valence-corrected chi connectivity index (χ0v) is 22.9. The first-order chi connectivity index (χ1) is 16.8. The molecule has 0 aliphatic carbocycles. The van der Waals surface area contributed by atoms with Gasteiger partial charge in [-0.25, -0.2) is 4.99 Å². The van der Waals surface area contributed by atoms with E-state index in [1.807, 2.05) is 62.4 Å². The zero-order chi connectivity index (χ0) is 25.1. The second-order valence-corrected chi connectivity index (χ2v) is 10.5. The Morgan fingerprint density at radius 3 is 2.46 bits per heavy atom. The minimum atomic E-state index is -0.207. The molecule has 0 aromatic heterocycles. The minimum Gasteiger partial charge on any atom is -0.489 e. The number of nitrogens with zero attached hydrogens (tertiary/aromatic N) is 2. The number of hydrogen-bond donors (Lipinski definition) is 0. The molecule has 0 unspecified atom stereocenters. The van der Waals surface area contributed by atoms with Crippen LogP contribution in [0, 0.1) is 13.8 Å². The van der Waals surface area contributed by atoms with Gasteiger partial charge in [0.2, 0.25) is 0 Å². The van der Waals surface area contributed by atoms with E-state index in [-0.39, 0.29) is 5.91 Å². The second-order valence-electron chi connectivity index (χ2n) is 7.79. The number of amides is 1. The molecule has 0 atom stereocenters. The molecule has 4 rings (SSSR count). The number of halogens is 3. The summed E-state index contributed by atoms with van der Waals surface area (Å²) in [6.45, 7) is 7.91. The second kappa shape index (κ2) is 11.0. The van der Waals surface area contributed by atoms with Crippen molar-refractivity contribution in [3.63, 3.8) is 0 Å². The van der Waals surface area contributed by atoms with Crippen molar-refractivity contribution in [1.29, 1.82) is 0 Å². The number of rotatable bonds is 6. The molecule has 35 heavy (non-hydrogen) atoms. The molecule has 8 heteroatoms. The lowest BCUT2D eigenvalue weighted by atomic mass is 10.1. The van der Waals surface area contributed by atoms with E-state index < -0.39 is 0 Å². The maximum absolute atomic E-state index is 13.7. The van der Waals surface area contributed by atoms with Gasteiger partial charge in [0.25, 0.3) is 5.91 Å². The summed E-state index contributed by atoms with van der Waals surface area (Å²) in [5.74, 6) is 0.441. The molecule has 1 aliphatic rings. The average Bonchev–Trinajstić information content (AvgIpc) is 3.12. The SMILES string of the molecule is C=CCOc1ccc(Br)cc1/C=C1/SC(=Nc2ccc(C)c(Cl)c2)N(c2ccc(C)c(Cl)c2)C1=O. The fourth-order valence-corrected chi connectivity index (χ4v) is 5.03. The van der Waals surface area contributed by atoms with Crippen molar-refractivity contribution in [2.45, 2.75) is 13.8 Å². The Labute approximate surface area is 227 Å². The molecule has 0 saturated carbocycles. The Morgan fingerprint density at radius 2 is 1.77 bits per heavy atom. The summed E-state index contributed by atoms with van der Waals surface area (Å²) >= 11 is 17.5. The van der Waals surface area contributed by atoms with E-state index in [0.717, 1.165) is 21.2 Å². The zero-order valence-electron chi connectivity index (χ0n) is 19.0. The fraction of sp³-hybridized carbons (Fsp3) is 0.111. The molecule has 0 spiro atoms. The van der Waals surface area contributed by atoms with Crippen LogP contribution in [0.4, 0.5) is 11.4 Å². The van der Waals surface area contributed by atoms with Gasteiger partial charge in [0.1, 0.15) is 12.4 Å². The van der Waals surface area contributed by atoms with Crippen molar-refractivity contribution in [1.82, 2.24) is 0 Å². The van der Waals surface area contributed by atoms with Crippen molar-refractivity contribution in [3.8, 4) is 5.75 Å². The van der Waals surface area contributed by atoms with Crippen LogP contribution >= 0.6 is 50.9 Å². The Bertz CT molecular complexity index is 1390. The van der Waals surface area contributed by atoms with Gasteiger partial charge in [-0.3, -0.25) is 9.69 Å². The molecule has 0 N–H and O–H groups in total. The molecule has 0 radical (unpaired) electrons. The molecule has 1 saturated heterocycles. The van der Waals surface area contributed by atoms with Crippen LogP contribution in [0.1, 0.15) is 16.7 Å². The van der Waals surface area contributed by atoms with Crippen LogP contribution in [0.2, 0.25) is 10.0 Å². The van der Waals surface area contributed by atoms with Crippen molar-refractivity contribution >= 4 is 79.4 Å². The van der Waals surface area contributed by atoms with E-state index in [1.54, 1.807) is 23.1 Å². The van der Waals surface area contributed by atoms with E-state index in [2.05, 4.69) is 22.5 Å². The lowest BCUT2D eigenvalue weighted by Crippen LogP contribution is -2.28. The normalized spacial score (nSPS) is 15.8. The van der Waals surface area contributed by atoms with E-state index in [0.29, 0.717) is 43.8 Å². The molecule has 4 nitrogen and oxygen atoms in total. The Balaban J connectivity index is 1.81. The summed E-state index contributed by atoms with van der Waals surface area (Å²) < 4.78 is 6.67. The van der Waals surface area contributed by atoms with E-state index >= 15 is 0 Å². The van der Waals surface area contributed by atoms with Gasteiger partial charge in [-0.15, -0.1) is 0 Å². The molecule has 3 aromatic carbocycles. The van der Waals surface area contributed by atoms with Crippen molar-refractivity contribution in [3.05, 3.63) is 103 Å². The number of anilines is 1. The number of hydrogen-bond acceptors (Lipinski definition) is 4. The van der Waals surface area contributed by atoms with Crippen molar-refractivity contribution in [2.75, 3.05) is 11.5 Å². The maximum atomic E-state index is 13.7. The average molecular weight is 588 g/mol. The predicted molar refractivity (Wildman–Crippen MR) is 152 cm³/mol. The van der Waals surface area contributed by atoms with Crippen LogP contribution in [-0.2, 0) is 4.79 Å². The molecular formula is C27H21BrCl2N2O2S. The number of thioether (sulfide) groups is 1. The van der Waals surface area contributed by atoms with Gasteiger partial charge in [0.15, 0.2) is 5.17 Å². The first-order valence-electron chi connectivity index (χ1n) is 10.6. The highest BCUT2D eigenvalue weighted by Gasteiger charge is 2.35. The number of carbonyl (C=O) groups is 1. The quantitative estimate of drug-likeness (QED) is 0.214. The first-order valence-corrected chi connectivity index (χ1v) is 13.0. The molecule has 1 heterocycles. The largest absolute Gasteiger partial charge is 0.489 e. The van der Waals surface area contributed by atoms with Crippen molar-refractivity contribution < 1.29 is 9.53 Å². The predicted octanol–water partition coefficient (Wildman–Crippen LogP) is 8.75. The molecule has 1 aliphatic heterocycles. The van der Waals surface area contributed by atoms with Gasteiger partial charge >= 0.3 is 0 Å². The Hall–Kier alpha value is -2.51. The van der Waals surface area contributed by atoms with E-state index in [1.165, 1.54) is 11.8 Å². The van der Waals surface area contributed by atoms with Crippen LogP contribution in [0.25, 0.3) is 6.08 Å². The molecular weight excluding hydrogens is 567 g/mol. The smallest absolute Gasteiger partial charge is 0.271 e. The molecule has 3 aromatic rings. The van der Waals surface area contributed by atoms with Gasteiger partial charge in [0.05, 0.1) is 16.3 Å². The van der Waals surface area contributed by atoms with Gasteiger partial charge in [-0.2, -0.15) is 0 Å². The van der Waals surface area contributed by atoms with Gasteiger partial charge in [0, 0.05) is 20.1 Å². The third-order valence-electron chi connectivity index (χ3n) is 5.22. The number of aliphatic imine (C=N–C) groups is 1. The van der Waals surface area contributed by atoms with Crippen molar-refractivity contribution in [2.24, 2.45) is 4.99 Å². The van der Waals surface area contributed by atoms with Crippen LogP contribution in [-0.4, -0.2) is 17.7 Å². The highest BCUT2D eigenvalue weighted by atomic mass is 79.9. The standard InChI is InChI=1S/C27H21BrCl2N2O2S/c1-4-11-34-24-10-7-19(28)12-18(24)13-25-26(33)32(21-9-6-17(3)23(30)15-21)27(35-25)31-20-8-5-16(2)22(29)14-20/h4-10,12-15H,1,11H2,2-3H3/b25-13+,31-27?. The summed E-state index contributed by atoms with van der Waals surface area (Å²) in [7, 11) is 0. The molecule has 0 bridgehead atoms. The molecule has 1 fully saturated rings. The Kier molecular flexibility index (Phi) is 8.07. The number of aryl methyl sites for hydroxylation is 2. The third kappa shape index (κ3) is 5.84. The number of ether oxygens (including phenoxy) is 1. The Morgan fingerprint density at radius 1 is 1.06 bits per heavy atom. The third-order valence-corrected chi connectivity index (χ3v) is 7.49. The lowest BCUT2D eigenvalue weighted by Gasteiger charge is -2.16. The summed E-state index contributed by atoms with van der Waals surface area (Å²) in [5.41, 5.74) is 3.93. The number of benzene rings is 3. The maximum Gasteiger partial charge on any atom is 0.271 e. The van der Waals surface area contributed by atoms with Crippen LogP contribution in [0.15, 0.2) is 81.6 Å². The van der Waals surface area contributed by atoms with E-state index in [9.17, 15) is 4.79 Å². The van der Waals surface area contributed by atoms with Crippen LogP contribution < -0.4 is 9.64 Å². The summed E-state index contributed by atoms with van der Waals surface area (Å²) in [6, 6.07) is 16.7. The molecule has 1 amide bonds. The number of amidine groups is 1. The highest BCUT2D eigenvalue weighted by Crippen LogP contribution is 2.40. The molecule has 178 valence electrons. The van der Waals surface area contributed by atoms with Gasteiger partial charge < -0.3 is 4.74 Å². The topological polar surface area (TPSA) is 41.9 Å². The number of carbonyl (C=O) groups excluding carboxylic acids is 1. The lowest BCUT2D eigenvalue weighted by molar-refractivity contribution is -0.113. The van der Waals surface area contributed by atoms with E-state index in [4.69, 9.17) is 32.9 Å². The van der Waals surface area contributed by atoms with Gasteiger partial charge in [-0.1, -0.05) is 63.9 Å². The van der Waals surface area contributed by atoms with Crippen LogP contribution in [0.5, 0.6) is 5.75 Å². The minimum absolute atomic E-state index is 0.207. The highest BCUT2D eigenvalue weighted by molar-refractivity contribution is 9.10.